The van der Waals surface area contributed by atoms with E-state index in [1.54, 1.807) is 4.90 Å². The summed E-state index contributed by atoms with van der Waals surface area (Å²) in [6.07, 6.45) is 0.565. The number of carbonyl (C=O) groups excluding carboxylic acids is 4. The lowest BCUT2D eigenvalue weighted by molar-refractivity contribution is -0.384. The summed E-state index contributed by atoms with van der Waals surface area (Å²) in [7, 11) is 1.43. The van der Waals surface area contributed by atoms with Crippen LogP contribution < -0.4 is 0 Å². The van der Waals surface area contributed by atoms with Gasteiger partial charge in [0.1, 0.15) is 13.2 Å². The Bertz CT molecular complexity index is 885. The van der Waals surface area contributed by atoms with E-state index in [-0.39, 0.29) is 35.9 Å². The van der Waals surface area contributed by atoms with E-state index in [1.807, 2.05) is 0 Å². The zero-order chi connectivity index (χ0) is 21.1. The molecule has 0 aliphatic carbocycles. The molecule has 0 unspecified atom stereocenters. The number of fused-ring (bicyclic) bond motifs is 1. The molecule has 1 aromatic rings. The molecule has 2 aliphatic heterocycles. The molecule has 0 saturated carbocycles. The van der Waals surface area contributed by atoms with Crippen LogP contribution in [0.25, 0.3) is 0 Å². The van der Waals surface area contributed by atoms with E-state index >= 15 is 0 Å². The number of nitro benzene ring substituents is 1. The van der Waals surface area contributed by atoms with Gasteiger partial charge in [0.15, 0.2) is 0 Å². The number of methoxy groups -OCH3 is 1. The summed E-state index contributed by atoms with van der Waals surface area (Å²) in [6, 6.07) is 3.42. The third-order valence-electron chi connectivity index (χ3n) is 4.93. The lowest BCUT2D eigenvalue weighted by Crippen LogP contribution is -2.44. The number of benzene rings is 1. The standard InChI is InChI=1S/C18H20N4O7/c1-29-11-16(24)20-6-2-5-19(7-8-20)15(23)10-21-17(25)13-4-3-12(22(27)28)9-14(13)18(21)26/h3-4,9H,2,5-8,10-11H2,1H3. The fourth-order valence-electron chi connectivity index (χ4n) is 3.40. The number of hydrogen-bond donors (Lipinski definition) is 0. The van der Waals surface area contributed by atoms with Crippen molar-refractivity contribution in [2.45, 2.75) is 6.42 Å². The van der Waals surface area contributed by atoms with Gasteiger partial charge in [-0.25, -0.2) is 0 Å². The molecular formula is C18H20N4O7. The number of ether oxygens (including phenoxy) is 1. The maximum Gasteiger partial charge on any atom is 0.270 e. The Morgan fingerprint density at radius 2 is 1.66 bits per heavy atom. The minimum Gasteiger partial charge on any atom is -0.375 e. The minimum absolute atomic E-state index is 0.0326. The van der Waals surface area contributed by atoms with Crippen LogP contribution >= 0.6 is 0 Å². The molecule has 0 radical (unpaired) electrons. The third kappa shape index (κ3) is 4.09. The van der Waals surface area contributed by atoms with E-state index in [2.05, 4.69) is 0 Å². The van der Waals surface area contributed by atoms with Crippen LogP contribution in [0, 0.1) is 10.1 Å². The Kier molecular flexibility index (Phi) is 5.87. The van der Waals surface area contributed by atoms with Crippen molar-refractivity contribution in [3.8, 4) is 0 Å². The Morgan fingerprint density at radius 1 is 1.03 bits per heavy atom. The predicted molar refractivity (Wildman–Crippen MR) is 98.1 cm³/mol. The quantitative estimate of drug-likeness (QED) is 0.380. The van der Waals surface area contributed by atoms with E-state index in [0.717, 1.165) is 17.0 Å². The smallest absolute Gasteiger partial charge is 0.270 e. The number of carbonyl (C=O) groups is 4. The molecule has 0 atom stereocenters. The summed E-state index contributed by atoms with van der Waals surface area (Å²) in [4.78, 5) is 63.8. The minimum atomic E-state index is -0.728. The van der Waals surface area contributed by atoms with Crippen LogP contribution in [0.4, 0.5) is 5.69 Å². The molecule has 0 spiro atoms. The number of hydrogen-bond acceptors (Lipinski definition) is 7. The van der Waals surface area contributed by atoms with Crippen molar-refractivity contribution in [3.05, 3.63) is 39.4 Å². The molecule has 0 N–H and O–H groups in total. The van der Waals surface area contributed by atoms with Gasteiger partial charge in [-0.05, 0) is 12.5 Å². The van der Waals surface area contributed by atoms with E-state index < -0.39 is 29.2 Å². The van der Waals surface area contributed by atoms with Crippen LogP contribution in [0.15, 0.2) is 18.2 Å². The number of non-ortho nitro benzene ring substituents is 1. The first-order chi connectivity index (χ1) is 13.8. The molecule has 4 amide bonds. The van der Waals surface area contributed by atoms with Gasteiger partial charge < -0.3 is 14.5 Å². The second-order valence-corrected chi connectivity index (χ2v) is 6.73. The van der Waals surface area contributed by atoms with Gasteiger partial charge in [0.2, 0.25) is 11.8 Å². The molecule has 0 aromatic heterocycles. The molecule has 2 heterocycles. The zero-order valence-corrected chi connectivity index (χ0v) is 15.8. The van der Waals surface area contributed by atoms with Gasteiger partial charge in [0.25, 0.3) is 17.5 Å². The van der Waals surface area contributed by atoms with Crippen molar-refractivity contribution in [3.63, 3.8) is 0 Å². The van der Waals surface area contributed by atoms with Crippen molar-refractivity contribution >= 4 is 29.3 Å². The van der Waals surface area contributed by atoms with E-state index in [0.29, 0.717) is 26.1 Å². The lowest BCUT2D eigenvalue weighted by Gasteiger charge is -2.23. The molecule has 2 aliphatic rings. The topological polar surface area (TPSA) is 130 Å². The molecular weight excluding hydrogens is 384 g/mol. The van der Waals surface area contributed by atoms with E-state index in [4.69, 9.17) is 4.74 Å². The molecule has 1 fully saturated rings. The predicted octanol–water partition coefficient (Wildman–Crippen LogP) is -0.102. The van der Waals surface area contributed by atoms with Gasteiger partial charge in [-0.2, -0.15) is 0 Å². The highest BCUT2D eigenvalue weighted by Crippen LogP contribution is 2.26. The first-order valence-electron chi connectivity index (χ1n) is 9.02. The van der Waals surface area contributed by atoms with Crippen LogP contribution in [0.2, 0.25) is 0 Å². The molecule has 11 nitrogen and oxygen atoms in total. The highest BCUT2D eigenvalue weighted by atomic mass is 16.6. The first kappa shape index (κ1) is 20.4. The number of nitrogens with zero attached hydrogens (tertiary/aromatic N) is 4. The molecule has 1 aromatic carbocycles. The number of rotatable bonds is 5. The van der Waals surface area contributed by atoms with Gasteiger partial charge in [0, 0.05) is 45.4 Å². The molecule has 3 rings (SSSR count). The summed E-state index contributed by atoms with van der Waals surface area (Å²) < 4.78 is 4.84. The van der Waals surface area contributed by atoms with Crippen molar-refractivity contribution in [2.24, 2.45) is 0 Å². The summed E-state index contributed by atoms with van der Waals surface area (Å²) in [5.74, 6) is -1.97. The Hall–Kier alpha value is -3.34. The average molecular weight is 404 g/mol. The fraction of sp³-hybridized carbons (Fsp3) is 0.444. The third-order valence-corrected chi connectivity index (χ3v) is 4.93. The van der Waals surface area contributed by atoms with Crippen LogP contribution in [0.1, 0.15) is 27.1 Å². The van der Waals surface area contributed by atoms with Crippen molar-refractivity contribution in [1.29, 1.82) is 0 Å². The van der Waals surface area contributed by atoms with Crippen LogP contribution in [-0.4, -0.2) is 89.7 Å². The largest absolute Gasteiger partial charge is 0.375 e. The van der Waals surface area contributed by atoms with E-state index in [1.165, 1.54) is 18.1 Å². The monoisotopic (exact) mass is 404 g/mol. The Morgan fingerprint density at radius 3 is 2.28 bits per heavy atom. The van der Waals surface area contributed by atoms with Crippen LogP contribution in [0.5, 0.6) is 0 Å². The average Bonchev–Trinajstić information content (AvgIpc) is 2.88. The zero-order valence-electron chi connectivity index (χ0n) is 15.8. The lowest BCUT2D eigenvalue weighted by atomic mass is 10.1. The summed E-state index contributed by atoms with van der Waals surface area (Å²) >= 11 is 0. The normalized spacial score (nSPS) is 16.7. The van der Waals surface area contributed by atoms with Gasteiger partial charge in [-0.15, -0.1) is 0 Å². The van der Waals surface area contributed by atoms with Crippen molar-refractivity contribution < 1.29 is 28.8 Å². The van der Waals surface area contributed by atoms with Gasteiger partial charge in [-0.3, -0.25) is 34.2 Å². The van der Waals surface area contributed by atoms with E-state index in [9.17, 15) is 29.3 Å². The second kappa shape index (κ2) is 8.35. The summed E-state index contributed by atoms with van der Waals surface area (Å²) in [6.45, 7) is 1.01. The van der Waals surface area contributed by atoms with Crippen molar-refractivity contribution in [2.75, 3.05) is 46.4 Å². The summed E-state index contributed by atoms with van der Waals surface area (Å²) in [5.41, 5.74) is -0.337. The Labute approximate surface area is 165 Å². The van der Waals surface area contributed by atoms with Crippen LogP contribution in [0.3, 0.4) is 0 Å². The SMILES string of the molecule is COCC(=O)N1CCCN(C(=O)CN2C(=O)c3ccc([N+](=O)[O-])cc3C2=O)CC1. The molecule has 11 heteroatoms. The highest BCUT2D eigenvalue weighted by molar-refractivity contribution is 6.22. The van der Waals surface area contributed by atoms with Gasteiger partial charge >= 0.3 is 0 Å². The number of amides is 4. The molecule has 154 valence electrons. The van der Waals surface area contributed by atoms with Crippen molar-refractivity contribution in [1.82, 2.24) is 14.7 Å². The molecule has 0 bridgehead atoms. The maximum atomic E-state index is 12.7. The van der Waals surface area contributed by atoms with Crippen LogP contribution in [-0.2, 0) is 14.3 Å². The molecule has 29 heavy (non-hydrogen) atoms. The Balaban J connectivity index is 1.66. The second-order valence-electron chi connectivity index (χ2n) is 6.73. The van der Waals surface area contributed by atoms with Gasteiger partial charge in [-0.1, -0.05) is 0 Å². The number of imide groups is 1. The summed E-state index contributed by atoms with van der Waals surface area (Å²) in [5, 5.41) is 10.9. The number of nitro groups is 1. The highest BCUT2D eigenvalue weighted by Gasteiger charge is 2.38. The maximum absolute atomic E-state index is 12.7. The first-order valence-corrected chi connectivity index (χ1v) is 9.02. The van der Waals surface area contributed by atoms with Gasteiger partial charge in [0.05, 0.1) is 16.1 Å². The molecule has 1 saturated heterocycles. The fourth-order valence-corrected chi connectivity index (χ4v) is 3.40.